The summed E-state index contributed by atoms with van der Waals surface area (Å²) >= 11 is 0. The highest BCUT2D eigenvalue weighted by Crippen LogP contribution is 2.43. The summed E-state index contributed by atoms with van der Waals surface area (Å²) in [5, 5.41) is 19.3. The van der Waals surface area contributed by atoms with Gasteiger partial charge < -0.3 is 34.4 Å². The second kappa shape index (κ2) is 39.1. The fraction of sp³-hybridized carbons (Fsp3) is 0.636. The molecule has 4 atom stereocenters. The Bertz CT molecular complexity index is 1400. The van der Waals surface area contributed by atoms with Gasteiger partial charge in [0.2, 0.25) is 0 Å². The highest BCUT2D eigenvalue weighted by atomic mass is 31.2. The van der Waals surface area contributed by atoms with Crippen LogP contribution in [0.4, 0.5) is 0 Å². The molecule has 16 heteroatoms. The second-order valence-corrected chi connectivity index (χ2v) is 16.7. The monoisotopic (exact) mass is 888 g/mol. The molecule has 0 fully saturated rings. The molecule has 0 rings (SSSR count). The van der Waals surface area contributed by atoms with Crippen molar-refractivity contribution in [2.45, 2.75) is 154 Å². The molecule has 0 heterocycles. The maximum atomic E-state index is 12.6. The van der Waals surface area contributed by atoms with Crippen LogP contribution in [0.5, 0.6) is 0 Å². The average molecular weight is 889 g/mol. The fourth-order valence-electron chi connectivity index (χ4n) is 4.97. The van der Waals surface area contributed by atoms with Crippen molar-refractivity contribution < 1.29 is 66.7 Å². The van der Waals surface area contributed by atoms with Crippen LogP contribution >= 0.6 is 15.6 Å². The number of phosphoric acid groups is 2. The van der Waals surface area contributed by atoms with Gasteiger partial charge in [-0.3, -0.25) is 23.2 Å². The number of carbonyl (C=O) groups excluding carboxylic acids is 2. The first-order valence-electron chi connectivity index (χ1n) is 21.4. The van der Waals surface area contributed by atoms with Gasteiger partial charge >= 0.3 is 27.6 Å². The summed E-state index contributed by atoms with van der Waals surface area (Å²) in [6.45, 7) is 1.31. The van der Waals surface area contributed by atoms with Gasteiger partial charge in [0.05, 0.1) is 25.9 Å². The number of carbonyl (C=O) groups is 2. The third-order valence-electron chi connectivity index (χ3n) is 8.41. The summed E-state index contributed by atoms with van der Waals surface area (Å²) in [7, 11) is -9.72. The number of aliphatic hydroxyl groups is 2. The summed E-state index contributed by atoms with van der Waals surface area (Å²) in [4.78, 5) is 52.6. The van der Waals surface area contributed by atoms with E-state index in [-0.39, 0.29) is 18.9 Å². The van der Waals surface area contributed by atoms with Crippen molar-refractivity contribution in [3.05, 3.63) is 85.1 Å². The molecule has 344 valence electrons. The summed E-state index contributed by atoms with van der Waals surface area (Å²) in [5.74, 6) is -1.17. The van der Waals surface area contributed by atoms with Gasteiger partial charge in [0.15, 0.2) is 6.10 Å². The third-order valence-corrected chi connectivity index (χ3v) is 9.85. The van der Waals surface area contributed by atoms with Crippen molar-refractivity contribution in [3.63, 3.8) is 0 Å². The van der Waals surface area contributed by atoms with Crippen LogP contribution in [0.1, 0.15) is 136 Å². The van der Waals surface area contributed by atoms with Crippen molar-refractivity contribution in [1.82, 2.24) is 0 Å². The Hall–Kier alpha value is -2.74. The number of aliphatic hydroxyl groups excluding tert-OH is 2. The molecule has 0 aliphatic heterocycles. The lowest BCUT2D eigenvalue weighted by Gasteiger charge is -2.20. The SMILES string of the molecule is CCCCC/C=C\C/C=C\C/C=C\CCCCC(=O)OC[C@H](COP(=O)(O)OC[C@@H](O)COP(=O)(O)O)OC(=O)CCC/C=C\C/C=C\C/C=C\C/C=C\CC[C@H](O)CC. The molecule has 0 aromatic rings. The van der Waals surface area contributed by atoms with Gasteiger partial charge in [-0.1, -0.05) is 112 Å². The zero-order valence-corrected chi connectivity index (χ0v) is 37.7. The Morgan fingerprint density at radius 1 is 0.517 bits per heavy atom. The topological polar surface area (TPSA) is 216 Å². The molecule has 0 saturated heterocycles. The molecule has 5 N–H and O–H groups in total. The number of rotatable bonds is 39. The van der Waals surface area contributed by atoms with E-state index in [1.54, 1.807) is 0 Å². The smallest absolute Gasteiger partial charge is 0.462 e. The quantitative estimate of drug-likeness (QED) is 0.0168. The lowest BCUT2D eigenvalue weighted by atomic mass is 10.1. The van der Waals surface area contributed by atoms with Gasteiger partial charge in [0.25, 0.3) is 0 Å². The lowest BCUT2D eigenvalue weighted by molar-refractivity contribution is -0.161. The van der Waals surface area contributed by atoms with E-state index in [2.05, 4.69) is 88.9 Å². The number of ether oxygens (including phenoxy) is 2. The van der Waals surface area contributed by atoms with Crippen LogP contribution in [0.25, 0.3) is 0 Å². The van der Waals surface area contributed by atoms with Gasteiger partial charge in [-0.2, -0.15) is 0 Å². The number of hydrogen-bond donors (Lipinski definition) is 5. The lowest BCUT2D eigenvalue weighted by Crippen LogP contribution is -2.29. The van der Waals surface area contributed by atoms with Crippen molar-refractivity contribution in [3.8, 4) is 0 Å². The molecule has 0 aliphatic rings. The largest absolute Gasteiger partial charge is 0.472 e. The number of esters is 2. The van der Waals surface area contributed by atoms with Gasteiger partial charge in [-0.05, 0) is 96.3 Å². The van der Waals surface area contributed by atoms with E-state index in [4.69, 9.17) is 23.8 Å². The van der Waals surface area contributed by atoms with Crippen LogP contribution in [0.3, 0.4) is 0 Å². The number of allylic oxidation sites excluding steroid dienone is 14. The summed E-state index contributed by atoms with van der Waals surface area (Å²) in [5.41, 5.74) is 0. The Morgan fingerprint density at radius 3 is 1.48 bits per heavy atom. The first-order chi connectivity index (χ1) is 28.8. The minimum atomic E-state index is -4.88. The molecular weight excluding hydrogens is 814 g/mol. The zero-order chi connectivity index (χ0) is 44.6. The van der Waals surface area contributed by atoms with Crippen molar-refractivity contribution in [1.29, 1.82) is 0 Å². The maximum absolute atomic E-state index is 12.6. The molecule has 0 spiro atoms. The van der Waals surface area contributed by atoms with Crippen LogP contribution in [0.15, 0.2) is 85.1 Å². The molecule has 0 amide bonds. The molecule has 0 aromatic carbocycles. The van der Waals surface area contributed by atoms with E-state index in [0.717, 1.165) is 70.6 Å². The van der Waals surface area contributed by atoms with Crippen molar-refractivity contribution >= 4 is 27.6 Å². The minimum absolute atomic E-state index is 0.0293. The van der Waals surface area contributed by atoms with E-state index < -0.39 is 66.2 Å². The Kier molecular flexibility index (Phi) is 37.3. The summed E-state index contributed by atoms with van der Waals surface area (Å²) in [6.07, 6.45) is 41.0. The van der Waals surface area contributed by atoms with Gasteiger partial charge in [0.1, 0.15) is 12.7 Å². The molecule has 60 heavy (non-hydrogen) atoms. The first kappa shape index (κ1) is 57.3. The molecule has 1 unspecified atom stereocenters. The van der Waals surface area contributed by atoms with E-state index in [9.17, 15) is 33.8 Å². The van der Waals surface area contributed by atoms with Crippen LogP contribution in [0.2, 0.25) is 0 Å². The highest BCUT2D eigenvalue weighted by molar-refractivity contribution is 7.47. The van der Waals surface area contributed by atoms with E-state index >= 15 is 0 Å². The van der Waals surface area contributed by atoms with E-state index in [1.807, 2.05) is 19.1 Å². The summed E-state index contributed by atoms with van der Waals surface area (Å²) < 4.78 is 47.6. The predicted molar refractivity (Wildman–Crippen MR) is 236 cm³/mol. The first-order valence-corrected chi connectivity index (χ1v) is 24.4. The normalized spacial score (nSPS) is 15.4. The van der Waals surface area contributed by atoms with Crippen LogP contribution in [0, 0.1) is 0 Å². The number of unbranched alkanes of at least 4 members (excludes halogenated alkanes) is 6. The maximum Gasteiger partial charge on any atom is 0.472 e. The molecule has 0 aliphatic carbocycles. The zero-order valence-electron chi connectivity index (χ0n) is 35.9. The average Bonchev–Trinajstić information content (AvgIpc) is 3.21. The number of phosphoric ester groups is 2. The molecule has 14 nitrogen and oxygen atoms in total. The van der Waals surface area contributed by atoms with E-state index in [0.29, 0.717) is 19.3 Å². The third kappa shape index (κ3) is 42.0. The highest BCUT2D eigenvalue weighted by Gasteiger charge is 2.28. The van der Waals surface area contributed by atoms with Crippen LogP contribution in [-0.4, -0.2) is 81.6 Å². The standard InChI is InChI=1S/C44H74O14P2/c1-3-5-6-7-8-9-10-11-12-16-19-22-25-28-31-34-43(47)54-38-42(39-57-60(52,53)56-37-41(46)36-55-59(49,50)51)58-44(48)35-32-29-26-23-20-17-14-13-15-18-21-24-27-30-33-40(45)4-2/h8-9,11-12,14-15,17-19,22-24,26-27,40-42,45-46H,3-7,10,13,16,20-21,25,28-39H2,1-2H3,(H,52,53)(H2,49,50,51)/b9-8-,12-11-,17-14-,18-15-,22-19-,26-23-,27-24-/t40-,41+,42-/m1/s1. The van der Waals surface area contributed by atoms with Gasteiger partial charge in [0, 0.05) is 12.8 Å². The van der Waals surface area contributed by atoms with Gasteiger partial charge in [-0.25, -0.2) is 9.13 Å². The molecule has 0 aromatic heterocycles. The molecule has 0 saturated carbocycles. The fourth-order valence-corrected chi connectivity index (χ4v) is 6.13. The second-order valence-electron chi connectivity index (χ2n) is 14.0. The predicted octanol–water partition coefficient (Wildman–Crippen LogP) is 9.75. The number of hydrogen-bond acceptors (Lipinski definition) is 11. The Balaban J connectivity index is 4.72. The molecular formula is C44H74O14P2. The Labute approximate surface area is 359 Å². The van der Waals surface area contributed by atoms with Crippen LogP contribution < -0.4 is 0 Å². The van der Waals surface area contributed by atoms with Gasteiger partial charge in [-0.15, -0.1) is 0 Å². The van der Waals surface area contributed by atoms with E-state index in [1.165, 1.54) is 19.3 Å². The molecule has 0 radical (unpaired) electrons. The van der Waals surface area contributed by atoms with Crippen LogP contribution in [-0.2, 0) is 41.8 Å². The minimum Gasteiger partial charge on any atom is -0.462 e. The van der Waals surface area contributed by atoms with Crippen molar-refractivity contribution in [2.24, 2.45) is 0 Å². The summed E-state index contributed by atoms with van der Waals surface area (Å²) in [6, 6.07) is 0. The molecule has 0 bridgehead atoms. The van der Waals surface area contributed by atoms with Crippen molar-refractivity contribution in [2.75, 3.05) is 26.4 Å². The Morgan fingerprint density at radius 2 is 0.967 bits per heavy atom.